The second-order valence-electron chi connectivity index (χ2n) is 4.08. The molecule has 0 atom stereocenters. The molecule has 0 saturated carbocycles. The zero-order valence-electron chi connectivity index (χ0n) is 9.59. The highest BCUT2D eigenvalue weighted by Gasteiger charge is 2.01. The standard InChI is InChI=1S/C12H17BrFN.ClH/c1-9(2)8-15-6-5-10-7-11(14)3-4-12(10)13;/h3-4,7,9,15H,5-6,8H2,1-2H3;1H. The summed E-state index contributed by atoms with van der Waals surface area (Å²) < 4.78 is 13.9. The molecule has 0 bridgehead atoms. The summed E-state index contributed by atoms with van der Waals surface area (Å²) >= 11 is 3.42. The maximum atomic E-state index is 12.9. The highest BCUT2D eigenvalue weighted by atomic mass is 79.9. The molecule has 0 amide bonds. The fourth-order valence-corrected chi connectivity index (χ4v) is 1.79. The number of hydrogen-bond acceptors (Lipinski definition) is 1. The lowest BCUT2D eigenvalue weighted by atomic mass is 10.1. The van der Waals surface area contributed by atoms with Crippen LogP contribution in [-0.4, -0.2) is 13.1 Å². The topological polar surface area (TPSA) is 12.0 Å². The molecule has 0 fully saturated rings. The van der Waals surface area contributed by atoms with Gasteiger partial charge in [-0.2, -0.15) is 0 Å². The van der Waals surface area contributed by atoms with E-state index in [0.29, 0.717) is 5.92 Å². The van der Waals surface area contributed by atoms with Gasteiger partial charge >= 0.3 is 0 Å². The molecular formula is C12H18BrClFN. The molecule has 0 aliphatic rings. The monoisotopic (exact) mass is 309 g/mol. The second kappa shape index (κ2) is 8.04. The van der Waals surface area contributed by atoms with Crippen LogP contribution in [0.25, 0.3) is 0 Å². The number of nitrogens with one attached hydrogen (secondary N) is 1. The Labute approximate surface area is 111 Å². The van der Waals surface area contributed by atoms with Crippen LogP contribution >= 0.6 is 28.3 Å². The molecule has 0 radical (unpaired) electrons. The average molecular weight is 311 g/mol. The Hall–Kier alpha value is -0.120. The number of hydrogen-bond donors (Lipinski definition) is 1. The van der Waals surface area contributed by atoms with Crippen molar-refractivity contribution >= 4 is 28.3 Å². The number of benzene rings is 1. The van der Waals surface area contributed by atoms with E-state index in [4.69, 9.17) is 0 Å². The van der Waals surface area contributed by atoms with Crippen molar-refractivity contribution in [2.75, 3.05) is 13.1 Å². The van der Waals surface area contributed by atoms with E-state index in [0.717, 1.165) is 29.5 Å². The first-order chi connectivity index (χ1) is 7.09. The summed E-state index contributed by atoms with van der Waals surface area (Å²) in [5.74, 6) is 0.484. The van der Waals surface area contributed by atoms with E-state index in [2.05, 4.69) is 35.1 Å². The van der Waals surface area contributed by atoms with Crippen molar-refractivity contribution in [1.29, 1.82) is 0 Å². The van der Waals surface area contributed by atoms with E-state index in [1.807, 2.05) is 0 Å². The SMILES string of the molecule is CC(C)CNCCc1cc(F)ccc1Br.Cl. The van der Waals surface area contributed by atoms with Crippen LogP contribution in [-0.2, 0) is 6.42 Å². The number of rotatable bonds is 5. The molecule has 4 heteroatoms. The van der Waals surface area contributed by atoms with Crippen LogP contribution in [0.15, 0.2) is 22.7 Å². The van der Waals surface area contributed by atoms with Crippen LogP contribution < -0.4 is 5.32 Å². The fourth-order valence-electron chi connectivity index (χ4n) is 1.35. The molecule has 1 nitrogen and oxygen atoms in total. The third-order valence-electron chi connectivity index (χ3n) is 2.13. The summed E-state index contributed by atoms with van der Waals surface area (Å²) in [6, 6.07) is 4.81. The first kappa shape index (κ1) is 15.9. The predicted molar refractivity (Wildman–Crippen MR) is 72.8 cm³/mol. The van der Waals surface area contributed by atoms with Gasteiger partial charge < -0.3 is 5.32 Å². The highest BCUT2D eigenvalue weighted by molar-refractivity contribution is 9.10. The van der Waals surface area contributed by atoms with Gasteiger partial charge in [-0.25, -0.2) is 4.39 Å². The molecule has 0 aromatic heterocycles. The largest absolute Gasteiger partial charge is 0.316 e. The van der Waals surface area contributed by atoms with Crippen LogP contribution in [0.3, 0.4) is 0 Å². The van der Waals surface area contributed by atoms with Gasteiger partial charge in [-0.15, -0.1) is 12.4 Å². The Kier molecular flexibility index (Phi) is 7.98. The maximum absolute atomic E-state index is 12.9. The smallest absolute Gasteiger partial charge is 0.123 e. The Morgan fingerprint density at radius 1 is 1.38 bits per heavy atom. The first-order valence-electron chi connectivity index (χ1n) is 5.24. The van der Waals surface area contributed by atoms with Crippen molar-refractivity contribution in [2.45, 2.75) is 20.3 Å². The summed E-state index contributed by atoms with van der Waals surface area (Å²) in [5, 5.41) is 3.34. The van der Waals surface area contributed by atoms with Crippen LogP contribution in [0.4, 0.5) is 4.39 Å². The Morgan fingerprint density at radius 2 is 2.06 bits per heavy atom. The minimum atomic E-state index is -0.169. The van der Waals surface area contributed by atoms with Crippen molar-refractivity contribution in [2.24, 2.45) is 5.92 Å². The molecule has 0 unspecified atom stereocenters. The molecule has 1 N–H and O–H groups in total. The fraction of sp³-hybridized carbons (Fsp3) is 0.500. The first-order valence-corrected chi connectivity index (χ1v) is 6.03. The molecular weight excluding hydrogens is 292 g/mol. The minimum absolute atomic E-state index is 0. The van der Waals surface area contributed by atoms with Crippen molar-refractivity contribution in [3.8, 4) is 0 Å². The van der Waals surface area contributed by atoms with Crippen LogP contribution in [0.2, 0.25) is 0 Å². The second-order valence-corrected chi connectivity index (χ2v) is 4.94. The van der Waals surface area contributed by atoms with Gasteiger partial charge in [0.15, 0.2) is 0 Å². The van der Waals surface area contributed by atoms with Crippen molar-refractivity contribution in [3.63, 3.8) is 0 Å². The van der Waals surface area contributed by atoms with Gasteiger partial charge in [0.1, 0.15) is 5.82 Å². The summed E-state index contributed by atoms with van der Waals surface area (Å²) in [4.78, 5) is 0. The molecule has 0 aliphatic carbocycles. The number of halogens is 3. The van der Waals surface area contributed by atoms with E-state index in [1.54, 1.807) is 12.1 Å². The zero-order valence-corrected chi connectivity index (χ0v) is 12.0. The van der Waals surface area contributed by atoms with Gasteiger partial charge in [0.25, 0.3) is 0 Å². The van der Waals surface area contributed by atoms with E-state index < -0.39 is 0 Å². The van der Waals surface area contributed by atoms with Crippen LogP contribution in [0.1, 0.15) is 19.4 Å². The molecule has 92 valence electrons. The molecule has 0 aliphatic heterocycles. The summed E-state index contributed by atoms with van der Waals surface area (Å²) in [6.45, 7) is 6.24. The lowest BCUT2D eigenvalue weighted by molar-refractivity contribution is 0.553. The van der Waals surface area contributed by atoms with Gasteiger partial charge in [-0.3, -0.25) is 0 Å². The molecule has 0 saturated heterocycles. The van der Waals surface area contributed by atoms with Crippen molar-refractivity contribution in [1.82, 2.24) is 5.32 Å². The van der Waals surface area contributed by atoms with Crippen LogP contribution in [0.5, 0.6) is 0 Å². The van der Waals surface area contributed by atoms with Gasteiger partial charge in [-0.1, -0.05) is 29.8 Å². The van der Waals surface area contributed by atoms with Gasteiger partial charge in [0, 0.05) is 4.47 Å². The molecule has 16 heavy (non-hydrogen) atoms. The lowest BCUT2D eigenvalue weighted by Crippen LogP contribution is -2.22. The normalized spacial score (nSPS) is 10.3. The maximum Gasteiger partial charge on any atom is 0.123 e. The minimum Gasteiger partial charge on any atom is -0.316 e. The van der Waals surface area contributed by atoms with E-state index in [9.17, 15) is 4.39 Å². The van der Waals surface area contributed by atoms with E-state index in [1.165, 1.54) is 6.07 Å². The molecule has 1 rings (SSSR count). The molecule has 0 heterocycles. The lowest BCUT2D eigenvalue weighted by Gasteiger charge is -2.08. The Balaban J connectivity index is 0.00000225. The molecule has 1 aromatic carbocycles. The summed E-state index contributed by atoms with van der Waals surface area (Å²) in [7, 11) is 0. The third-order valence-corrected chi connectivity index (χ3v) is 2.91. The van der Waals surface area contributed by atoms with Crippen LogP contribution in [0, 0.1) is 11.7 Å². The summed E-state index contributed by atoms with van der Waals surface area (Å²) in [6.07, 6.45) is 0.852. The Bertz CT molecular complexity index is 318. The summed E-state index contributed by atoms with van der Waals surface area (Å²) in [5.41, 5.74) is 1.02. The predicted octanol–water partition coefficient (Wildman–Crippen LogP) is 3.80. The third kappa shape index (κ3) is 5.83. The van der Waals surface area contributed by atoms with Crippen molar-refractivity contribution in [3.05, 3.63) is 34.1 Å². The van der Waals surface area contributed by atoms with E-state index in [-0.39, 0.29) is 18.2 Å². The average Bonchev–Trinajstić information content (AvgIpc) is 2.17. The van der Waals surface area contributed by atoms with Gasteiger partial charge in [0.05, 0.1) is 0 Å². The Morgan fingerprint density at radius 3 is 2.69 bits per heavy atom. The van der Waals surface area contributed by atoms with Gasteiger partial charge in [-0.05, 0) is 49.2 Å². The zero-order chi connectivity index (χ0) is 11.3. The molecule has 0 spiro atoms. The van der Waals surface area contributed by atoms with Gasteiger partial charge in [0.2, 0.25) is 0 Å². The quantitative estimate of drug-likeness (QED) is 0.816. The van der Waals surface area contributed by atoms with Crippen molar-refractivity contribution < 1.29 is 4.39 Å². The molecule has 1 aromatic rings. The highest BCUT2D eigenvalue weighted by Crippen LogP contribution is 2.17. The van der Waals surface area contributed by atoms with E-state index >= 15 is 0 Å².